The molecule has 0 aromatic carbocycles. The predicted octanol–water partition coefficient (Wildman–Crippen LogP) is -0.171. The Labute approximate surface area is 124 Å². The Morgan fingerprint density at radius 3 is 2.80 bits per heavy atom. The Bertz CT molecular complexity index is 454. The van der Waals surface area contributed by atoms with Gasteiger partial charge in [0.05, 0.1) is 6.10 Å². The van der Waals surface area contributed by atoms with Crippen molar-refractivity contribution in [3.8, 4) is 0 Å². The second-order valence-electron chi connectivity index (χ2n) is 5.07. The van der Waals surface area contributed by atoms with Crippen LogP contribution in [0.3, 0.4) is 0 Å². The Balaban J connectivity index is 2.10. The van der Waals surface area contributed by atoms with Crippen LogP contribution in [0.1, 0.15) is 19.8 Å². The van der Waals surface area contributed by atoms with Gasteiger partial charge in [0.1, 0.15) is 11.5 Å². The lowest BCUT2D eigenvalue weighted by Gasteiger charge is -2.36. The van der Waals surface area contributed by atoms with E-state index >= 15 is 0 Å². The lowest BCUT2D eigenvalue weighted by Crippen LogP contribution is -2.53. The third kappa shape index (κ3) is 3.29. The summed E-state index contributed by atoms with van der Waals surface area (Å²) in [6, 6.07) is 0. The van der Waals surface area contributed by atoms with Crippen LogP contribution in [0.4, 0.5) is 0 Å². The van der Waals surface area contributed by atoms with Crippen molar-refractivity contribution in [1.29, 1.82) is 0 Å². The van der Waals surface area contributed by atoms with E-state index in [4.69, 9.17) is 10.5 Å². The van der Waals surface area contributed by atoms with Crippen LogP contribution in [0.2, 0.25) is 0 Å². The predicted molar refractivity (Wildman–Crippen MR) is 79.2 cm³/mol. The number of nitrogens with two attached hydrogens (primary N) is 1. The van der Waals surface area contributed by atoms with E-state index in [1.807, 2.05) is 0 Å². The fourth-order valence-corrected chi connectivity index (χ4v) is 5.54. The molecule has 0 saturated carbocycles. The third-order valence-corrected chi connectivity index (χ3v) is 7.12. The first-order chi connectivity index (χ1) is 9.49. The van der Waals surface area contributed by atoms with Gasteiger partial charge in [-0.15, -0.1) is 0 Å². The summed E-state index contributed by atoms with van der Waals surface area (Å²) in [6.07, 6.45) is 0.787. The fourth-order valence-electron chi connectivity index (χ4n) is 2.57. The van der Waals surface area contributed by atoms with Crippen molar-refractivity contribution in [2.24, 2.45) is 5.73 Å². The van der Waals surface area contributed by atoms with Crippen LogP contribution in [-0.4, -0.2) is 67.2 Å². The van der Waals surface area contributed by atoms with Crippen LogP contribution in [0, 0.1) is 0 Å². The normalized spacial score (nSPS) is 31.5. The van der Waals surface area contributed by atoms with Gasteiger partial charge in [-0.2, -0.15) is 11.8 Å². The second-order valence-corrected chi connectivity index (χ2v) is 8.67. The van der Waals surface area contributed by atoms with E-state index in [0.717, 1.165) is 12.2 Å². The number of nitrogens with zero attached hydrogens (tertiary/aromatic N) is 1. The molecule has 3 unspecified atom stereocenters. The first kappa shape index (κ1) is 16.1. The van der Waals surface area contributed by atoms with Crippen molar-refractivity contribution in [3.05, 3.63) is 0 Å². The number of thioether (sulfide) groups is 1. The lowest BCUT2D eigenvalue weighted by molar-refractivity contribution is -0.143. The molecule has 0 spiro atoms. The molecule has 0 aromatic rings. The molecule has 2 N–H and O–H groups in total. The molecule has 0 bridgehead atoms. The molecule has 0 radical (unpaired) electrons. The van der Waals surface area contributed by atoms with E-state index < -0.39 is 21.3 Å². The average molecular weight is 322 g/mol. The number of ether oxygens (including phenoxy) is 1. The van der Waals surface area contributed by atoms with Crippen molar-refractivity contribution in [2.45, 2.75) is 37.3 Å². The zero-order valence-electron chi connectivity index (χ0n) is 11.7. The Morgan fingerprint density at radius 2 is 2.20 bits per heavy atom. The van der Waals surface area contributed by atoms with E-state index in [2.05, 4.69) is 0 Å². The second kappa shape index (κ2) is 6.64. The highest BCUT2D eigenvalue weighted by Gasteiger charge is 2.40. The van der Waals surface area contributed by atoms with Crippen molar-refractivity contribution < 1.29 is 17.9 Å². The van der Waals surface area contributed by atoms with E-state index in [9.17, 15) is 13.2 Å². The van der Waals surface area contributed by atoms with E-state index in [-0.39, 0.29) is 17.8 Å². The summed E-state index contributed by atoms with van der Waals surface area (Å²) in [5.41, 5.74) is 5.54. The first-order valence-corrected chi connectivity index (χ1v) is 9.82. The van der Waals surface area contributed by atoms with Gasteiger partial charge in [0, 0.05) is 30.3 Å². The molecule has 2 saturated heterocycles. The molecule has 6 nitrogen and oxygen atoms in total. The van der Waals surface area contributed by atoms with Gasteiger partial charge in [0.15, 0.2) is 9.84 Å². The maximum Gasteiger partial charge on any atom is 0.252 e. The van der Waals surface area contributed by atoms with Gasteiger partial charge in [-0.05, 0) is 12.8 Å². The zero-order valence-corrected chi connectivity index (χ0v) is 13.3. The van der Waals surface area contributed by atoms with Gasteiger partial charge in [-0.3, -0.25) is 4.79 Å². The summed E-state index contributed by atoms with van der Waals surface area (Å²) in [5.74, 6) is 1.09. The molecular formula is C12H22N2O4S2. The number of rotatable bonds is 4. The standard InChI is InChI=1S/C12H22N2O4S2/c1-2-20(16,17)11-8-19-6-5-14(11)12(15)10-4-3-9(7-13)18-10/h9-11H,2-8,13H2,1H3. The minimum absolute atomic E-state index is 0.0545. The number of carbonyl (C=O) groups excluding carboxylic acids is 1. The monoisotopic (exact) mass is 322 g/mol. The van der Waals surface area contributed by atoms with Crippen LogP contribution < -0.4 is 5.73 Å². The highest BCUT2D eigenvalue weighted by Crippen LogP contribution is 2.26. The van der Waals surface area contributed by atoms with Gasteiger partial charge in [-0.25, -0.2) is 8.42 Å². The summed E-state index contributed by atoms with van der Waals surface area (Å²) >= 11 is 1.58. The first-order valence-electron chi connectivity index (χ1n) is 6.95. The molecule has 20 heavy (non-hydrogen) atoms. The summed E-state index contributed by atoms with van der Waals surface area (Å²) in [4.78, 5) is 14.0. The number of hydrogen-bond acceptors (Lipinski definition) is 6. The topological polar surface area (TPSA) is 89.7 Å². The van der Waals surface area contributed by atoms with Crippen molar-refractivity contribution in [3.63, 3.8) is 0 Å². The smallest absolute Gasteiger partial charge is 0.252 e. The number of carbonyl (C=O) groups is 1. The van der Waals surface area contributed by atoms with Crippen molar-refractivity contribution >= 4 is 27.5 Å². The summed E-state index contributed by atoms with van der Waals surface area (Å²) in [7, 11) is -3.26. The molecule has 1 amide bonds. The fraction of sp³-hybridized carbons (Fsp3) is 0.917. The average Bonchev–Trinajstić information content (AvgIpc) is 2.95. The van der Waals surface area contributed by atoms with Gasteiger partial charge in [-0.1, -0.05) is 6.92 Å². The number of amides is 1. The van der Waals surface area contributed by atoms with Crippen molar-refractivity contribution in [2.75, 3.05) is 30.3 Å². The molecule has 3 atom stereocenters. The minimum atomic E-state index is -3.26. The Morgan fingerprint density at radius 1 is 1.45 bits per heavy atom. The highest BCUT2D eigenvalue weighted by atomic mass is 32.2. The van der Waals surface area contributed by atoms with Gasteiger partial charge >= 0.3 is 0 Å². The molecule has 2 aliphatic rings. The quantitative estimate of drug-likeness (QED) is 0.773. The van der Waals surface area contributed by atoms with Crippen LogP contribution in [0.15, 0.2) is 0 Å². The van der Waals surface area contributed by atoms with Gasteiger partial charge in [0.25, 0.3) is 5.91 Å². The van der Waals surface area contributed by atoms with Crippen LogP contribution in [0.25, 0.3) is 0 Å². The van der Waals surface area contributed by atoms with Crippen LogP contribution >= 0.6 is 11.8 Å². The van der Waals surface area contributed by atoms with Crippen LogP contribution in [-0.2, 0) is 19.4 Å². The minimum Gasteiger partial charge on any atom is -0.364 e. The number of sulfone groups is 1. The van der Waals surface area contributed by atoms with Gasteiger partial charge < -0.3 is 15.4 Å². The Hall–Kier alpha value is -0.310. The lowest BCUT2D eigenvalue weighted by atomic mass is 10.2. The Kier molecular flexibility index (Phi) is 5.33. The third-order valence-electron chi connectivity index (χ3n) is 3.83. The number of hydrogen-bond donors (Lipinski definition) is 1. The molecular weight excluding hydrogens is 300 g/mol. The molecule has 8 heteroatoms. The maximum absolute atomic E-state index is 12.5. The zero-order chi connectivity index (χ0) is 14.8. The summed E-state index contributed by atoms with van der Waals surface area (Å²) in [6.45, 7) is 2.49. The van der Waals surface area contributed by atoms with Gasteiger partial charge in [0.2, 0.25) is 0 Å². The SMILES string of the molecule is CCS(=O)(=O)C1CSCCN1C(=O)C1CCC(CN)O1. The molecule has 116 valence electrons. The van der Waals surface area contributed by atoms with E-state index in [1.165, 1.54) is 4.90 Å². The molecule has 0 aliphatic carbocycles. The highest BCUT2D eigenvalue weighted by molar-refractivity contribution is 8.01. The molecule has 2 rings (SSSR count). The van der Waals surface area contributed by atoms with E-state index in [1.54, 1.807) is 18.7 Å². The molecule has 0 aromatic heterocycles. The molecule has 2 fully saturated rings. The summed E-state index contributed by atoms with van der Waals surface area (Å²) < 4.78 is 29.9. The maximum atomic E-state index is 12.5. The van der Waals surface area contributed by atoms with Crippen molar-refractivity contribution in [1.82, 2.24) is 4.90 Å². The van der Waals surface area contributed by atoms with E-state index in [0.29, 0.717) is 25.3 Å². The summed E-state index contributed by atoms with van der Waals surface area (Å²) in [5, 5.41) is -0.709. The van der Waals surface area contributed by atoms with Crippen LogP contribution in [0.5, 0.6) is 0 Å². The largest absolute Gasteiger partial charge is 0.364 e. The molecule has 2 heterocycles. The molecule has 2 aliphatic heterocycles.